The minimum absolute atomic E-state index is 1.06. The first-order chi connectivity index (χ1) is 9.22. The summed E-state index contributed by atoms with van der Waals surface area (Å²) in [5.41, 5.74) is 7.19. The van der Waals surface area contributed by atoms with Crippen molar-refractivity contribution in [3.63, 3.8) is 0 Å². The Balaban J connectivity index is 2.18. The fourth-order valence-corrected chi connectivity index (χ4v) is 3.22. The molecule has 0 amide bonds. The van der Waals surface area contributed by atoms with Crippen molar-refractivity contribution in [3.8, 4) is 0 Å². The van der Waals surface area contributed by atoms with E-state index in [0.29, 0.717) is 0 Å². The summed E-state index contributed by atoms with van der Waals surface area (Å²) in [5, 5.41) is 2.45. The average molecular weight is 248 g/mol. The maximum Gasteiger partial charge on any atom is 0.0970 e. The lowest BCUT2D eigenvalue weighted by atomic mass is 10.0. The number of fused-ring (bicyclic) bond motifs is 4. The molecule has 2 nitrogen and oxygen atoms in total. The Morgan fingerprint density at radius 2 is 1.84 bits per heavy atom. The first kappa shape index (κ1) is 10.9. The molecular formula is C17H16N2. The van der Waals surface area contributed by atoms with Crippen LogP contribution < -0.4 is 0 Å². The van der Waals surface area contributed by atoms with E-state index in [4.69, 9.17) is 9.97 Å². The van der Waals surface area contributed by atoms with Gasteiger partial charge in [-0.1, -0.05) is 12.1 Å². The quantitative estimate of drug-likeness (QED) is 0.564. The summed E-state index contributed by atoms with van der Waals surface area (Å²) in [6.45, 7) is 4.20. The minimum atomic E-state index is 1.06. The van der Waals surface area contributed by atoms with Crippen LogP contribution in [0.5, 0.6) is 0 Å². The van der Waals surface area contributed by atoms with Gasteiger partial charge in [-0.05, 0) is 56.4 Å². The monoisotopic (exact) mass is 248 g/mol. The van der Waals surface area contributed by atoms with Crippen LogP contribution in [0.4, 0.5) is 0 Å². The standard InChI is InChI=1S/C17H16N2/c1-10-8-11(2)18-17-14(10)7-6-13-9-12-4-3-5-15(12)19-16(13)17/h6-9H,3-5H2,1-2H3. The van der Waals surface area contributed by atoms with Crippen LogP contribution in [0.2, 0.25) is 0 Å². The van der Waals surface area contributed by atoms with Crippen LogP contribution in [-0.4, -0.2) is 9.97 Å². The van der Waals surface area contributed by atoms with Crippen LogP contribution in [-0.2, 0) is 12.8 Å². The maximum atomic E-state index is 4.90. The Morgan fingerprint density at radius 3 is 2.74 bits per heavy atom. The summed E-state index contributed by atoms with van der Waals surface area (Å²) in [4.78, 5) is 9.63. The van der Waals surface area contributed by atoms with Gasteiger partial charge in [0, 0.05) is 22.2 Å². The number of rotatable bonds is 0. The number of hydrogen-bond donors (Lipinski definition) is 0. The van der Waals surface area contributed by atoms with E-state index in [9.17, 15) is 0 Å². The highest BCUT2D eigenvalue weighted by Crippen LogP contribution is 2.29. The van der Waals surface area contributed by atoms with Gasteiger partial charge < -0.3 is 0 Å². The third kappa shape index (κ3) is 1.56. The molecule has 19 heavy (non-hydrogen) atoms. The van der Waals surface area contributed by atoms with Crippen LogP contribution in [0.3, 0.4) is 0 Å². The van der Waals surface area contributed by atoms with Crippen molar-refractivity contribution in [2.24, 2.45) is 0 Å². The Hall–Kier alpha value is -1.96. The molecule has 2 heterocycles. The summed E-state index contributed by atoms with van der Waals surface area (Å²) in [6.07, 6.45) is 3.53. The molecule has 1 aliphatic rings. The second kappa shape index (κ2) is 3.77. The number of aromatic nitrogens is 2. The molecule has 0 unspecified atom stereocenters. The molecule has 3 aromatic rings. The van der Waals surface area contributed by atoms with E-state index in [-0.39, 0.29) is 0 Å². The Bertz CT molecular complexity index is 818. The molecular weight excluding hydrogens is 232 g/mol. The Kier molecular flexibility index (Phi) is 2.16. The maximum absolute atomic E-state index is 4.90. The fourth-order valence-electron chi connectivity index (χ4n) is 3.22. The van der Waals surface area contributed by atoms with Gasteiger partial charge in [0.05, 0.1) is 11.0 Å². The normalized spacial score (nSPS) is 14.2. The lowest BCUT2D eigenvalue weighted by molar-refractivity contribution is 0.901. The van der Waals surface area contributed by atoms with Gasteiger partial charge >= 0.3 is 0 Å². The van der Waals surface area contributed by atoms with Crippen LogP contribution in [0, 0.1) is 13.8 Å². The van der Waals surface area contributed by atoms with Gasteiger partial charge in [-0.25, -0.2) is 0 Å². The summed E-state index contributed by atoms with van der Waals surface area (Å²) < 4.78 is 0. The molecule has 0 saturated heterocycles. The van der Waals surface area contributed by atoms with Crippen LogP contribution in [0.15, 0.2) is 24.3 Å². The largest absolute Gasteiger partial charge is 0.251 e. The number of nitrogens with zero attached hydrogens (tertiary/aromatic N) is 2. The third-order valence-corrected chi connectivity index (χ3v) is 4.13. The van der Waals surface area contributed by atoms with Gasteiger partial charge in [0.25, 0.3) is 0 Å². The molecule has 0 N–H and O–H groups in total. The topological polar surface area (TPSA) is 25.8 Å². The molecule has 2 aromatic heterocycles. The number of hydrogen-bond acceptors (Lipinski definition) is 2. The van der Waals surface area contributed by atoms with Gasteiger partial charge in [-0.15, -0.1) is 0 Å². The smallest absolute Gasteiger partial charge is 0.0970 e. The van der Waals surface area contributed by atoms with E-state index >= 15 is 0 Å². The highest BCUT2D eigenvalue weighted by Gasteiger charge is 2.15. The Labute approximate surface area is 112 Å². The number of pyridine rings is 2. The Morgan fingerprint density at radius 1 is 0.947 bits per heavy atom. The van der Waals surface area contributed by atoms with Crippen molar-refractivity contribution in [2.75, 3.05) is 0 Å². The van der Waals surface area contributed by atoms with Gasteiger partial charge in [-0.3, -0.25) is 9.97 Å². The van der Waals surface area contributed by atoms with E-state index in [1.165, 1.54) is 40.4 Å². The van der Waals surface area contributed by atoms with E-state index in [1.54, 1.807) is 0 Å². The van der Waals surface area contributed by atoms with Crippen molar-refractivity contribution < 1.29 is 0 Å². The van der Waals surface area contributed by atoms with E-state index in [2.05, 4.69) is 38.1 Å². The van der Waals surface area contributed by atoms with Gasteiger partial charge in [0.2, 0.25) is 0 Å². The molecule has 0 saturated carbocycles. The zero-order valence-electron chi connectivity index (χ0n) is 11.3. The molecule has 1 aromatic carbocycles. The van der Waals surface area contributed by atoms with Crippen molar-refractivity contribution >= 4 is 21.8 Å². The molecule has 2 heteroatoms. The molecule has 0 radical (unpaired) electrons. The zero-order chi connectivity index (χ0) is 13.0. The summed E-state index contributed by atoms with van der Waals surface area (Å²) in [5.74, 6) is 0. The van der Waals surface area contributed by atoms with Crippen molar-refractivity contribution in [1.82, 2.24) is 9.97 Å². The highest BCUT2D eigenvalue weighted by molar-refractivity contribution is 6.04. The van der Waals surface area contributed by atoms with Crippen LogP contribution >= 0.6 is 0 Å². The number of benzene rings is 1. The molecule has 0 bridgehead atoms. The molecule has 1 aliphatic carbocycles. The van der Waals surface area contributed by atoms with Crippen LogP contribution in [0.25, 0.3) is 21.8 Å². The van der Waals surface area contributed by atoms with Crippen molar-refractivity contribution in [2.45, 2.75) is 33.1 Å². The first-order valence-corrected chi connectivity index (χ1v) is 6.92. The molecule has 0 fully saturated rings. The molecule has 0 atom stereocenters. The lowest BCUT2D eigenvalue weighted by Gasteiger charge is -2.08. The summed E-state index contributed by atoms with van der Waals surface area (Å²) >= 11 is 0. The number of aryl methyl sites for hydroxylation is 4. The SMILES string of the molecule is Cc1cc(C)c2ccc3cc4c(nc3c2n1)CCC4. The lowest BCUT2D eigenvalue weighted by Crippen LogP contribution is -1.94. The highest BCUT2D eigenvalue weighted by atomic mass is 14.8. The molecule has 0 spiro atoms. The van der Waals surface area contributed by atoms with Gasteiger partial charge in [-0.2, -0.15) is 0 Å². The predicted octanol–water partition coefficient (Wildman–Crippen LogP) is 3.89. The van der Waals surface area contributed by atoms with Crippen molar-refractivity contribution in [1.29, 1.82) is 0 Å². The minimum Gasteiger partial charge on any atom is -0.251 e. The molecule has 4 rings (SSSR count). The zero-order valence-corrected chi connectivity index (χ0v) is 11.3. The van der Waals surface area contributed by atoms with Crippen molar-refractivity contribution in [3.05, 3.63) is 46.8 Å². The van der Waals surface area contributed by atoms with Gasteiger partial charge in [0.15, 0.2) is 0 Å². The molecule has 94 valence electrons. The first-order valence-electron chi connectivity index (χ1n) is 6.92. The summed E-state index contributed by atoms with van der Waals surface area (Å²) in [6, 6.07) is 8.82. The van der Waals surface area contributed by atoms with E-state index < -0.39 is 0 Å². The van der Waals surface area contributed by atoms with Crippen LogP contribution in [0.1, 0.15) is 28.9 Å². The molecule has 0 aliphatic heterocycles. The fraction of sp³-hybridized carbons (Fsp3) is 0.294. The third-order valence-electron chi connectivity index (χ3n) is 4.13. The summed E-state index contributed by atoms with van der Waals surface area (Å²) in [7, 11) is 0. The second-order valence-electron chi connectivity index (χ2n) is 5.56. The van der Waals surface area contributed by atoms with E-state index in [0.717, 1.165) is 23.1 Å². The predicted molar refractivity (Wildman–Crippen MR) is 78.5 cm³/mol. The van der Waals surface area contributed by atoms with Gasteiger partial charge in [0.1, 0.15) is 0 Å². The van der Waals surface area contributed by atoms with E-state index in [1.807, 2.05) is 0 Å². The second-order valence-corrected chi connectivity index (χ2v) is 5.56. The average Bonchev–Trinajstić information content (AvgIpc) is 2.83.